The third-order valence-corrected chi connectivity index (χ3v) is 1.99. The van der Waals surface area contributed by atoms with Gasteiger partial charge in [0, 0.05) is 18.9 Å². The van der Waals surface area contributed by atoms with Gasteiger partial charge < -0.3 is 4.74 Å². The zero-order chi connectivity index (χ0) is 9.68. The van der Waals surface area contributed by atoms with E-state index in [1.165, 1.54) is 0 Å². The number of carbonyl (C=O) groups is 1. The molecule has 1 unspecified atom stereocenters. The van der Waals surface area contributed by atoms with Gasteiger partial charge in [-0.2, -0.15) is 0 Å². The SMILES string of the molecule is CCC(OC)c1cccnc1C=O. The maximum atomic E-state index is 10.6. The molecule has 1 heterocycles. The smallest absolute Gasteiger partial charge is 0.168 e. The first-order chi connectivity index (χ1) is 6.33. The van der Waals surface area contributed by atoms with Crippen LogP contribution in [-0.2, 0) is 4.74 Å². The van der Waals surface area contributed by atoms with E-state index in [0.717, 1.165) is 18.3 Å². The molecule has 0 fully saturated rings. The van der Waals surface area contributed by atoms with Crippen LogP contribution in [0.4, 0.5) is 0 Å². The third kappa shape index (κ3) is 2.12. The molecule has 0 radical (unpaired) electrons. The molecule has 0 aliphatic heterocycles. The van der Waals surface area contributed by atoms with Gasteiger partial charge in [0.05, 0.1) is 6.10 Å². The van der Waals surface area contributed by atoms with Crippen LogP contribution in [0.5, 0.6) is 0 Å². The maximum absolute atomic E-state index is 10.6. The summed E-state index contributed by atoms with van der Waals surface area (Å²) in [5.74, 6) is 0. The molecule has 0 amide bonds. The van der Waals surface area contributed by atoms with Gasteiger partial charge in [0.1, 0.15) is 5.69 Å². The number of aldehydes is 1. The van der Waals surface area contributed by atoms with Gasteiger partial charge in [0.15, 0.2) is 6.29 Å². The molecule has 70 valence electrons. The molecule has 13 heavy (non-hydrogen) atoms. The van der Waals surface area contributed by atoms with E-state index >= 15 is 0 Å². The van der Waals surface area contributed by atoms with E-state index in [1.807, 2.05) is 19.1 Å². The van der Waals surface area contributed by atoms with Crippen molar-refractivity contribution in [3.8, 4) is 0 Å². The molecule has 0 N–H and O–H groups in total. The zero-order valence-electron chi connectivity index (χ0n) is 7.86. The van der Waals surface area contributed by atoms with Gasteiger partial charge >= 0.3 is 0 Å². The minimum absolute atomic E-state index is 0.0334. The Morgan fingerprint density at radius 3 is 3.00 bits per heavy atom. The topological polar surface area (TPSA) is 39.2 Å². The van der Waals surface area contributed by atoms with Crippen molar-refractivity contribution in [2.24, 2.45) is 0 Å². The Labute approximate surface area is 77.8 Å². The number of methoxy groups -OCH3 is 1. The fraction of sp³-hybridized carbons (Fsp3) is 0.400. The zero-order valence-corrected chi connectivity index (χ0v) is 7.86. The molecule has 0 aromatic carbocycles. The number of nitrogens with zero attached hydrogens (tertiary/aromatic N) is 1. The van der Waals surface area contributed by atoms with E-state index < -0.39 is 0 Å². The van der Waals surface area contributed by atoms with Crippen molar-refractivity contribution in [2.45, 2.75) is 19.4 Å². The Balaban J connectivity index is 3.03. The Hall–Kier alpha value is -1.22. The summed E-state index contributed by atoms with van der Waals surface area (Å²) in [7, 11) is 1.63. The number of hydrogen-bond donors (Lipinski definition) is 0. The van der Waals surface area contributed by atoms with Crippen molar-refractivity contribution in [1.82, 2.24) is 4.98 Å². The quantitative estimate of drug-likeness (QED) is 0.663. The van der Waals surface area contributed by atoms with Crippen LogP contribution < -0.4 is 0 Å². The van der Waals surface area contributed by atoms with Crippen molar-refractivity contribution in [2.75, 3.05) is 7.11 Å². The molecule has 0 bridgehead atoms. The largest absolute Gasteiger partial charge is 0.377 e. The summed E-state index contributed by atoms with van der Waals surface area (Å²) in [5.41, 5.74) is 1.33. The fourth-order valence-electron chi connectivity index (χ4n) is 1.31. The summed E-state index contributed by atoms with van der Waals surface area (Å²) >= 11 is 0. The minimum Gasteiger partial charge on any atom is -0.377 e. The van der Waals surface area contributed by atoms with Crippen LogP contribution in [0.1, 0.15) is 35.5 Å². The standard InChI is InChI=1S/C10H13NO2/c1-3-10(13-2)8-5-4-6-11-9(8)7-12/h4-7,10H,3H2,1-2H3. The summed E-state index contributed by atoms with van der Waals surface area (Å²) in [6, 6.07) is 3.68. The van der Waals surface area contributed by atoms with Crippen LogP contribution in [0.3, 0.4) is 0 Å². The molecule has 0 spiro atoms. The lowest BCUT2D eigenvalue weighted by molar-refractivity contribution is 0.0966. The van der Waals surface area contributed by atoms with Crippen molar-refractivity contribution in [3.05, 3.63) is 29.6 Å². The minimum atomic E-state index is -0.0334. The Kier molecular flexibility index (Phi) is 3.58. The molecule has 0 saturated heterocycles. The molecular weight excluding hydrogens is 166 g/mol. The first-order valence-corrected chi connectivity index (χ1v) is 4.26. The normalized spacial score (nSPS) is 12.5. The van der Waals surface area contributed by atoms with E-state index in [0.29, 0.717) is 5.69 Å². The summed E-state index contributed by atoms with van der Waals surface area (Å²) in [4.78, 5) is 14.6. The number of aromatic nitrogens is 1. The van der Waals surface area contributed by atoms with Gasteiger partial charge in [-0.3, -0.25) is 9.78 Å². The predicted molar refractivity (Wildman–Crippen MR) is 49.7 cm³/mol. The van der Waals surface area contributed by atoms with E-state index in [4.69, 9.17) is 4.74 Å². The predicted octanol–water partition coefficient (Wildman–Crippen LogP) is 1.99. The second-order valence-corrected chi connectivity index (χ2v) is 2.73. The molecule has 0 saturated carbocycles. The lowest BCUT2D eigenvalue weighted by Gasteiger charge is -2.13. The summed E-state index contributed by atoms with van der Waals surface area (Å²) in [6.07, 6.45) is 3.17. The summed E-state index contributed by atoms with van der Waals surface area (Å²) < 4.78 is 5.23. The molecule has 0 aliphatic carbocycles. The van der Waals surface area contributed by atoms with Crippen molar-refractivity contribution >= 4 is 6.29 Å². The Morgan fingerprint density at radius 1 is 1.69 bits per heavy atom. The third-order valence-electron chi connectivity index (χ3n) is 1.99. The lowest BCUT2D eigenvalue weighted by atomic mass is 10.1. The van der Waals surface area contributed by atoms with E-state index in [1.54, 1.807) is 13.3 Å². The van der Waals surface area contributed by atoms with Crippen LogP contribution in [0.25, 0.3) is 0 Å². The Bertz CT molecular complexity index is 282. The maximum Gasteiger partial charge on any atom is 0.168 e. The van der Waals surface area contributed by atoms with Crippen molar-refractivity contribution in [3.63, 3.8) is 0 Å². The van der Waals surface area contributed by atoms with Crippen molar-refractivity contribution in [1.29, 1.82) is 0 Å². The second-order valence-electron chi connectivity index (χ2n) is 2.73. The summed E-state index contributed by atoms with van der Waals surface area (Å²) in [5, 5.41) is 0. The highest BCUT2D eigenvalue weighted by molar-refractivity contribution is 5.74. The fourth-order valence-corrected chi connectivity index (χ4v) is 1.31. The molecule has 3 nitrogen and oxygen atoms in total. The number of rotatable bonds is 4. The second kappa shape index (κ2) is 4.72. The molecule has 0 aliphatic rings. The van der Waals surface area contributed by atoms with E-state index in [2.05, 4.69) is 4.98 Å². The van der Waals surface area contributed by atoms with Crippen LogP contribution >= 0.6 is 0 Å². The monoisotopic (exact) mass is 179 g/mol. The van der Waals surface area contributed by atoms with Crippen LogP contribution in [0, 0.1) is 0 Å². The van der Waals surface area contributed by atoms with Crippen LogP contribution in [-0.4, -0.2) is 18.4 Å². The van der Waals surface area contributed by atoms with Gasteiger partial charge in [-0.25, -0.2) is 0 Å². The molecular formula is C10H13NO2. The first-order valence-electron chi connectivity index (χ1n) is 4.26. The number of hydrogen-bond acceptors (Lipinski definition) is 3. The van der Waals surface area contributed by atoms with Crippen molar-refractivity contribution < 1.29 is 9.53 Å². The van der Waals surface area contributed by atoms with E-state index in [9.17, 15) is 4.79 Å². The van der Waals surface area contributed by atoms with Gasteiger partial charge in [-0.05, 0) is 12.5 Å². The highest BCUT2D eigenvalue weighted by Gasteiger charge is 2.12. The molecule has 3 heteroatoms. The molecule has 1 aromatic rings. The van der Waals surface area contributed by atoms with Crippen LogP contribution in [0.15, 0.2) is 18.3 Å². The Morgan fingerprint density at radius 2 is 2.46 bits per heavy atom. The molecule has 1 rings (SSSR count). The lowest BCUT2D eigenvalue weighted by Crippen LogP contribution is -2.04. The summed E-state index contributed by atoms with van der Waals surface area (Å²) in [6.45, 7) is 2.01. The molecule has 1 aromatic heterocycles. The van der Waals surface area contributed by atoms with Crippen LogP contribution in [0.2, 0.25) is 0 Å². The first kappa shape index (κ1) is 9.86. The highest BCUT2D eigenvalue weighted by atomic mass is 16.5. The average Bonchev–Trinajstić information content (AvgIpc) is 2.20. The van der Waals surface area contributed by atoms with Gasteiger partial charge in [-0.1, -0.05) is 13.0 Å². The number of ether oxygens (including phenoxy) is 1. The average molecular weight is 179 g/mol. The number of pyridine rings is 1. The molecule has 1 atom stereocenters. The van der Waals surface area contributed by atoms with Gasteiger partial charge in [-0.15, -0.1) is 0 Å². The van der Waals surface area contributed by atoms with E-state index in [-0.39, 0.29) is 6.10 Å². The highest BCUT2D eigenvalue weighted by Crippen LogP contribution is 2.21. The number of carbonyl (C=O) groups excluding carboxylic acids is 1. The van der Waals surface area contributed by atoms with Gasteiger partial charge in [0.2, 0.25) is 0 Å². The van der Waals surface area contributed by atoms with Gasteiger partial charge in [0.25, 0.3) is 0 Å².